The molecule has 128 valence electrons. The lowest BCUT2D eigenvalue weighted by atomic mass is 10.1. The molecule has 3 nitrogen and oxygen atoms in total. The van der Waals surface area contributed by atoms with Gasteiger partial charge in [-0.15, -0.1) is 11.3 Å². The van der Waals surface area contributed by atoms with Gasteiger partial charge in [0.2, 0.25) is 0 Å². The molecular formula is C21H15ClN2OS. The maximum absolute atomic E-state index is 12.5. The van der Waals surface area contributed by atoms with Crippen LogP contribution in [0.15, 0.2) is 66.7 Å². The van der Waals surface area contributed by atoms with Crippen LogP contribution in [0.3, 0.4) is 0 Å². The fourth-order valence-electron chi connectivity index (χ4n) is 2.71. The molecule has 0 aliphatic rings. The maximum Gasteiger partial charge on any atom is 0.255 e. The fourth-order valence-corrected chi connectivity index (χ4v) is 3.86. The van der Waals surface area contributed by atoms with E-state index in [1.807, 2.05) is 43.3 Å². The lowest BCUT2D eigenvalue weighted by molar-refractivity contribution is 0.102. The van der Waals surface area contributed by atoms with Crippen LogP contribution in [-0.2, 0) is 0 Å². The number of benzene rings is 3. The number of nitrogens with one attached hydrogen (secondary N) is 1. The summed E-state index contributed by atoms with van der Waals surface area (Å²) in [7, 11) is 0. The third-order valence-corrected chi connectivity index (χ3v) is 5.43. The van der Waals surface area contributed by atoms with Gasteiger partial charge in [-0.1, -0.05) is 41.9 Å². The highest BCUT2D eigenvalue weighted by Crippen LogP contribution is 2.32. The number of aromatic nitrogens is 1. The molecular weight excluding hydrogens is 364 g/mol. The van der Waals surface area contributed by atoms with E-state index in [-0.39, 0.29) is 5.91 Å². The Kier molecular flexibility index (Phi) is 4.45. The van der Waals surface area contributed by atoms with Crippen LogP contribution in [0.1, 0.15) is 15.9 Å². The number of hydrogen-bond donors (Lipinski definition) is 1. The summed E-state index contributed by atoms with van der Waals surface area (Å²) in [6.07, 6.45) is 0. The number of hydrogen-bond acceptors (Lipinski definition) is 3. The molecule has 5 heteroatoms. The van der Waals surface area contributed by atoms with Crippen LogP contribution >= 0.6 is 22.9 Å². The molecule has 0 aliphatic heterocycles. The summed E-state index contributed by atoms with van der Waals surface area (Å²) in [5, 5.41) is 4.45. The Morgan fingerprint density at radius 2 is 1.88 bits per heavy atom. The summed E-state index contributed by atoms with van der Waals surface area (Å²) in [6.45, 7) is 1.97. The number of amides is 1. The Bertz CT molecular complexity index is 1090. The molecule has 1 amide bonds. The number of thiazole rings is 1. The average molecular weight is 379 g/mol. The van der Waals surface area contributed by atoms with Crippen molar-refractivity contribution in [2.45, 2.75) is 6.92 Å². The number of aryl methyl sites for hydroxylation is 1. The molecule has 0 unspecified atom stereocenters. The number of rotatable bonds is 3. The quantitative estimate of drug-likeness (QED) is 0.462. The van der Waals surface area contributed by atoms with Crippen molar-refractivity contribution in [3.63, 3.8) is 0 Å². The van der Waals surface area contributed by atoms with Crippen LogP contribution in [0.2, 0.25) is 5.02 Å². The summed E-state index contributed by atoms with van der Waals surface area (Å²) in [5.41, 5.74) is 4.26. The smallest absolute Gasteiger partial charge is 0.255 e. The number of nitrogens with zero attached hydrogens (tertiary/aromatic N) is 1. The molecule has 1 aromatic heterocycles. The van der Waals surface area contributed by atoms with E-state index in [0.717, 1.165) is 32.0 Å². The Balaban J connectivity index is 1.67. The van der Waals surface area contributed by atoms with Crippen molar-refractivity contribution in [1.82, 2.24) is 4.98 Å². The first-order valence-corrected chi connectivity index (χ1v) is 9.33. The Morgan fingerprint density at radius 1 is 1.04 bits per heavy atom. The Hall–Kier alpha value is -2.69. The maximum atomic E-state index is 12.5. The second kappa shape index (κ2) is 6.90. The van der Waals surface area contributed by atoms with Crippen molar-refractivity contribution in [3.05, 3.63) is 82.9 Å². The van der Waals surface area contributed by atoms with E-state index >= 15 is 0 Å². The van der Waals surface area contributed by atoms with E-state index in [2.05, 4.69) is 11.4 Å². The lowest BCUT2D eigenvalue weighted by Gasteiger charge is -2.10. The third kappa shape index (κ3) is 3.34. The molecule has 0 radical (unpaired) electrons. The molecule has 0 saturated heterocycles. The molecule has 0 saturated carbocycles. The van der Waals surface area contributed by atoms with Gasteiger partial charge in [-0.3, -0.25) is 4.79 Å². The minimum Gasteiger partial charge on any atom is -0.322 e. The van der Waals surface area contributed by atoms with Gasteiger partial charge in [0.25, 0.3) is 5.91 Å². The summed E-state index contributed by atoms with van der Waals surface area (Å²) in [4.78, 5) is 17.2. The zero-order valence-corrected chi connectivity index (χ0v) is 15.6. The van der Waals surface area contributed by atoms with Gasteiger partial charge in [0, 0.05) is 21.8 Å². The number of fused-ring (bicyclic) bond motifs is 1. The van der Waals surface area contributed by atoms with Crippen molar-refractivity contribution in [1.29, 1.82) is 0 Å². The van der Waals surface area contributed by atoms with Gasteiger partial charge in [-0.05, 0) is 48.9 Å². The first-order chi connectivity index (χ1) is 12.6. The largest absolute Gasteiger partial charge is 0.322 e. The van der Waals surface area contributed by atoms with Crippen molar-refractivity contribution >= 4 is 44.7 Å². The summed E-state index contributed by atoms with van der Waals surface area (Å²) in [6, 6.07) is 21.0. The van der Waals surface area contributed by atoms with E-state index in [9.17, 15) is 4.79 Å². The van der Waals surface area contributed by atoms with Gasteiger partial charge in [0.1, 0.15) is 5.01 Å². The van der Waals surface area contributed by atoms with Crippen LogP contribution in [0.5, 0.6) is 0 Å². The highest BCUT2D eigenvalue weighted by Gasteiger charge is 2.11. The highest BCUT2D eigenvalue weighted by atomic mass is 35.5. The van der Waals surface area contributed by atoms with Gasteiger partial charge in [-0.25, -0.2) is 4.98 Å². The van der Waals surface area contributed by atoms with Crippen molar-refractivity contribution < 1.29 is 4.79 Å². The van der Waals surface area contributed by atoms with Gasteiger partial charge in [0.05, 0.1) is 10.2 Å². The van der Waals surface area contributed by atoms with Crippen LogP contribution in [0.25, 0.3) is 20.8 Å². The fraction of sp³-hybridized carbons (Fsp3) is 0.0476. The Labute approximate surface area is 160 Å². The first kappa shape index (κ1) is 16.8. The first-order valence-electron chi connectivity index (χ1n) is 8.14. The van der Waals surface area contributed by atoms with Crippen molar-refractivity contribution in [2.24, 2.45) is 0 Å². The molecule has 3 aromatic carbocycles. The van der Waals surface area contributed by atoms with E-state index in [0.29, 0.717) is 10.6 Å². The SMILES string of the molecule is Cc1ccc(-c2nc3ccccc3s2)cc1NC(=O)c1cccc(Cl)c1. The second-order valence-corrected chi connectivity index (χ2v) is 7.45. The van der Waals surface area contributed by atoms with E-state index in [4.69, 9.17) is 16.6 Å². The molecule has 0 fully saturated rings. The van der Waals surface area contributed by atoms with Crippen LogP contribution in [0.4, 0.5) is 5.69 Å². The van der Waals surface area contributed by atoms with E-state index < -0.39 is 0 Å². The molecule has 1 heterocycles. The molecule has 0 aliphatic carbocycles. The zero-order valence-electron chi connectivity index (χ0n) is 14.0. The molecule has 1 N–H and O–H groups in total. The molecule has 26 heavy (non-hydrogen) atoms. The predicted molar refractivity (Wildman–Crippen MR) is 109 cm³/mol. The van der Waals surface area contributed by atoms with Crippen molar-refractivity contribution in [2.75, 3.05) is 5.32 Å². The van der Waals surface area contributed by atoms with Gasteiger partial charge in [0.15, 0.2) is 0 Å². The molecule has 4 aromatic rings. The van der Waals surface area contributed by atoms with Crippen LogP contribution in [0, 0.1) is 6.92 Å². The van der Waals surface area contributed by atoms with E-state index in [1.165, 1.54) is 0 Å². The summed E-state index contributed by atoms with van der Waals surface area (Å²) >= 11 is 7.62. The number of carbonyl (C=O) groups is 1. The topological polar surface area (TPSA) is 42.0 Å². The standard InChI is InChI=1S/C21H15ClN2OS/c1-13-9-10-15(21-24-17-7-2-3-8-19(17)26-21)12-18(13)23-20(25)14-5-4-6-16(22)11-14/h2-12H,1H3,(H,23,25). The molecule has 0 bridgehead atoms. The third-order valence-electron chi connectivity index (χ3n) is 4.11. The minimum atomic E-state index is -0.183. The monoisotopic (exact) mass is 378 g/mol. The average Bonchev–Trinajstić information content (AvgIpc) is 3.07. The zero-order chi connectivity index (χ0) is 18.1. The van der Waals surface area contributed by atoms with Gasteiger partial charge >= 0.3 is 0 Å². The summed E-state index contributed by atoms with van der Waals surface area (Å²) < 4.78 is 1.15. The normalized spacial score (nSPS) is 10.8. The second-order valence-electron chi connectivity index (χ2n) is 5.98. The number of para-hydroxylation sites is 1. The van der Waals surface area contributed by atoms with Crippen LogP contribution < -0.4 is 5.32 Å². The Morgan fingerprint density at radius 3 is 2.69 bits per heavy atom. The predicted octanol–water partition coefficient (Wildman–Crippen LogP) is 6.18. The van der Waals surface area contributed by atoms with Crippen LogP contribution in [-0.4, -0.2) is 10.9 Å². The molecule has 0 atom stereocenters. The van der Waals surface area contributed by atoms with Crippen molar-refractivity contribution in [3.8, 4) is 10.6 Å². The van der Waals surface area contributed by atoms with Gasteiger partial charge < -0.3 is 5.32 Å². The van der Waals surface area contributed by atoms with E-state index in [1.54, 1.807) is 35.6 Å². The van der Waals surface area contributed by atoms with Gasteiger partial charge in [-0.2, -0.15) is 0 Å². The minimum absolute atomic E-state index is 0.183. The molecule has 0 spiro atoms. The highest BCUT2D eigenvalue weighted by molar-refractivity contribution is 7.21. The number of halogens is 1. The summed E-state index contributed by atoms with van der Waals surface area (Å²) in [5.74, 6) is -0.183. The molecule has 4 rings (SSSR count). The number of carbonyl (C=O) groups excluding carboxylic acids is 1. The lowest BCUT2D eigenvalue weighted by Crippen LogP contribution is -2.12. The number of anilines is 1.